The van der Waals surface area contributed by atoms with Crippen LogP contribution in [0.2, 0.25) is 0 Å². The smallest absolute Gasteiger partial charge is 0.272 e. The van der Waals surface area contributed by atoms with E-state index in [1.807, 2.05) is 6.92 Å². The van der Waals surface area contributed by atoms with Crippen LogP contribution in [0.1, 0.15) is 12.5 Å². The number of carbonyl (C=O) groups excluding carboxylic acids is 2. The molecule has 28 heavy (non-hydrogen) atoms. The molecule has 0 N–H and O–H groups in total. The van der Waals surface area contributed by atoms with Gasteiger partial charge in [-0.1, -0.05) is 13.0 Å². The fourth-order valence-corrected chi connectivity index (χ4v) is 3.76. The van der Waals surface area contributed by atoms with Gasteiger partial charge in [0.15, 0.2) is 11.5 Å². The summed E-state index contributed by atoms with van der Waals surface area (Å²) in [5.41, 5.74) is 0.118. The number of rotatable bonds is 6. The van der Waals surface area contributed by atoms with Crippen LogP contribution in [0.15, 0.2) is 41.3 Å². The first-order valence-corrected chi connectivity index (χ1v) is 9.34. The molecule has 1 heterocycles. The van der Waals surface area contributed by atoms with Crippen molar-refractivity contribution < 1.29 is 27.8 Å². The van der Waals surface area contributed by atoms with Gasteiger partial charge in [-0.15, -0.1) is 11.8 Å². The first kappa shape index (κ1) is 19.9. The molecule has 0 atom stereocenters. The number of anilines is 1. The Morgan fingerprint density at radius 3 is 2.32 bits per heavy atom. The number of ether oxygens (including phenoxy) is 2. The van der Waals surface area contributed by atoms with Crippen LogP contribution >= 0.6 is 11.8 Å². The molecule has 0 fully saturated rings. The Kier molecular flexibility index (Phi) is 5.69. The fraction of sp³-hybridized carbons (Fsp3) is 0.200. The molecular formula is C20H17F2NO4S. The molecule has 2 amide bonds. The van der Waals surface area contributed by atoms with E-state index in [0.717, 1.165) is 30.0 Å². The summed E-state index contributed by atoms with van der Waals surface area (Å²) in [7, 11) is 2.93. The Hall–Kier alpha value is -2.87. The summed E-state index contributed by atoms with van der Waals surface area (Å²) < 4.78 is 38.4. The van der Waals surface area contributed by atoms with E-state index in [9.17, 15) is 18.4 Å². The van der Waals surface area contributed by atoms with E-state index in [2.05, 4.69) is 0 Å². The molecule has 0 saturated carbocycles. The van der Waals surface area contributed by atoms with E-state index < -0.39 is 29.1 Å². The lowest BCUT2D eigenvalue weighted by Gasteiger charge is -2.16. The highest BCUT2D eigenvalue weighted by Gasteiger charge is 2.41. The van der Waals surface area contributed by atoms with Gasteiger partial charge >= 0.3 is 0 Å². The topological polar surface area (TPSA) is 55.8 Å². The quantitative estimate of drug-likeness (QED) is 0.680. The molecule has 1 aliphatic heterocycles. The second-order valence-electron chi connectivity index (χ2n) is 5.75. The van der Waals surface area contributed by atoms with Crippen LogP contribution in [0.25, 0.3) is 5.57 Å². The van der Waals surface area contributed by atoms with E-state index in [1.54, 1.807) is 18.2 Å². The third kappa shape index (κ3) is 3.35. The number of nitrogens with zero attached hydrogens (tertiary/aromatic N) is 1. The number of imide groups is 1. The summed E-state index contributed by atoms with van der Waals surface area (Å²) in [5.74, 6) is -1.67. The highest BCUT2D eigenvalue weighted by molar-refractivity contribution is 8.04. The monoisotopic (exact) mass is 405 g/mol. The molecule has 0 saturated heterocycles. The first-order valence-electron chi connectivity index (χ1n) is 8.36. The Labute approximate surface area is 164 Å². The van der Waals surface area contributed by atoms with Gasteiger partial charge in [-0.3, -0.25) is 9.59 Å². The average Bonchev–Trinajstić information content (AvgIpc) is 2.93. The largest absolute Gasteiger partial charge is 0.493 e. The van der Waals surface area contributed by atoms with Crippen LogP contribution in [0.4, 0.5) is 14.5 Å². The summed E-state index contributed by atoms with van der Waals surface area (Å²) in [6.07, 6.45) is 0. The van der Waals surface area contributed by atoms with Crippen molar-refractivity contribution in [1.29, 1.82) is 0 Å². The lowest BCUT2D eigenvalue weighted by atomic mass is 10.1. The average molecular weight is 405 g/mol. The molecule has 2 aromatic carbocycles. The van der Waals surface area contributed by atoms with Crippen LogP contribution in [0.3, 0.4) is 0 Å². The summed E-state index contributed by atoms with van der Waals surface area (Å²) in [6, 6.07) is 7.43. The van der Waals surface area contributed by atoms with Crippen molar-refractivity contribution >= 4 is 34.8 Å². The van der Waals surface area contributed by atoms with Crippen LogP contribution in [-0.4, -0.2) is 31.8 Å². The molecule has 1 aliphatic rings. The van der Waals surface area contributed by atoms with Gasteiger partial charge in [0.05, 0.1) is 30.4 Å². The zero-order valence-electron chi connectivity index (χ0n) is 15.4. The first-order chi connectivity index (χ1) is 13.4. The van der Waals surface area contributed by atoms with Crippen LogP contribution in [0.5, 0.6) is 11.5 Å². The SMILES string of the molecule is CCSC1=C(c2ccc(OC)c(OC)c2)C(=O)N(c2cc(F)ccc2F)C1=O. The van der Waals surface area contributed by atoms with Crippen molar-refractivity contribution in [1.82, 2.24) is 0 Å². The standard InChI is InChI=1S/C20H17F2NO4S/c1-4-28-18-17(11-5-8-15(26-2)16(9-11)27-3)19(24)23(20(18)25)14-10-12(21)6-7-13(14)22/h5-10H,4H2,1-3H3. The highest BCUT2D eigenvalue weighted by atomic mass is 32.2. The van der Waals surface area contributed by atoms with Gasteiger partial charge in [0.1, 0.15) is 11.6 Å². The third-order valence-electron chi connectivity index (χ3n) is 4.15. The highest BCUT2D eigenvalue weighted by Crippen LogP contribution is 2.41. The third-order valence-corrected chi connectivity index (χ3v) is 5.11. The van der Waals surface area contributed by atoms with E-state index in [-0.39, 0.29) is 10.5 Å². The second kappa shape index (κ2) is 8.02. The Balaban J connectivity index is 2.14. The molecule has 0 unspecified atom stereocenters. The van der Waals surface area contributed by atoms with Crippen molar-refractivity contribution in [3.63, 3.8) is 0 Å². The molecule has 0 aromatic heterocycles. The maximum atomic E-state index is 14.3. The predicted molar refractivity (Wildman–Crippen MR) is 103 cm³/mol. The second-order valence-corrected chi connectivity index (χ2v) is 7.02. The van der Waals surface area contributed by atoms with Crippen LogP contribution in [-0.2, 0) is 9.59 Å². The van der Waals surface area contributed by atoms with Gasteiger partial charge in [0, 0.05) is 6.07 Å². The van der Waals surface area contributed by atoms with Gasteiger partial charge in [0.25, 0.3) is 11.8 Å². The number of hydrogen-bond acceptors (Lipinski definition) is 5. The normalized spacial score (nSPS) is 14.1. The molecule has 3 rings (SSSR count). The zero-order valence-corrected chi connectivity index (χ0v) is 16.2. The summed E-state index contributed by atoms with van der Waals surface area (Å²) in [6.45, 7) is 1.83. The molecule has 0 radical (unpaired) electrons. The van der Waals surface area contributed by atoms with E-state index in [4.69, 9.17) is 9.47 Å². The Morgan fingerprint density at radius 1 is 0.964 bits per heavy atom. The zero-order chi connectivity index (χ0) is 20.4. The number of benzene rings is 2. The van der Waals surface area contributed by atoms with Crippen LogP contribution < -0.4 is 14.4 Å². The molecule has 8 heteroatoms. The molecular weight excluding hydrogens is 388 g/mol. The molecule has 5 nitrogen and oxygen atoms in total. The van der Waals surface area contributed by atoms with Crippen LogP contribution in [0, 0.1) is 11.6 Å². The Morgan fingerprint density at radius 2 is 1.68 bits per heavy atom. The summed E-state index contributed by atoms with van der Waals surface area (Å²) >= 11 is 1.16. The maximum absolute atomic E-state index is 14.3. The van der Waals surface area contributed by atoms with Gasteiger partial charge < -0.3 is 9.47 Å². The molecule has 146 valence electrons. The van der Waals surface area contributed by atoms with Gasteiger partial charge in [-0.2, -0.15) is 0 Å². The predicted octanol–water partition coefficient (Wildman–Crippen LogP) is 4.02. The number of carbonyl (C=O) groups is 2. The number of thioether (sulfide) groups is 1. The fourth-order valence-electron chi connectivity index (χ4n) is 2.91. The molecule has 0 aliphatic carbocycles. The van der Waals surface area contributed by atoms with E-state index >= 15 is 0 Å². The van der Waals surface area contributed by atoms with Gasteiger partial charge in [-0.25, -0.2) is 13.7 Å². The number of amides is 2. The number of halogens is 2. The molecule has 0 spiro atoms. The summed E-state index contributed by atoms with van der Waals surface area (Å²) in [4.78, 5) is 26.8. The minimum atomic E-state index is -0.863. The van der Waals surface area contributed by atoms with E-state index in [0.29, 0.717) is 27.7 Å². The number of hydrogen-bond donors (Lipinski definition) is 0. The van der Waals surface area contributed by atoms with Gasteiger partial charge in [0.2, 0.25) is 0 Å². The minimum Gasteiger partial charge on any atom is -0.493 e. The van der Waals surface area contributed by atoms with Crippen molar-refractivity contribution in [2.75, 3.05) is 24.9 Å². The minimum absolute atomic E-state index is 0.112. The van der Waals surface area contributed by atoms with Crippen molar-refractivity contribution in [3.05, 3.63) is 58.5 Å². The Bertz CT molecular complexity index is 990. The van der Waals surface area contributed by atoms with Crippen molar-refractivity contribution in [2.24, 2.45) is 0 Å². The maximum Gasteiger partial charge on any atom is 0.272 e. The molecule has 0 bridgehead atoms. The summed E-state index contributed by atoms with van der Waals surface area (Å²) in [5, 5.41) is 0. The van der Waals surface area contributed by atoms with Gasteiger partial charge in [-0.05, 0) is 35.6 Å². The number of methoxy groups -OCH3 is 2. The van der Waals surface area contributed by atoms with E-state index in [1.165, 1.54) is 14.2 Å². The van der Waals surface area contributed by atoms with Crippen molar-refractivity contribution in [2.45, 2.75) is 6.92 Å². The lowest BCUT2D eigenvalue weighted by molar-refractivity contribution is -0.119. The molecule has 2 aromatic rings. The van der Waals surface area contributed by atoms with Crippen molar-refractivity contribution in [3.8, 4) is 11.5 Å². The lowest BCUT2D eigenvalue weighted by Crippen LogP contribution is -2.32.